The molecule has 11 heterocycles. The Balaban J connectivity index is 0.000000191. The second kappa shape index (κ2) is 54.8. The van der Waals surface area contributed by atoms with Gasteiger partial charge in [-0.2, -0.15) is 0 Å². The summed E-state index contributed by atoms with van der Waals surface area (Å²) < 4.78 is 13.2. The lowest BCUT2D eigenvalue weighted by atomic mass is 9.90. The van der Waals surface area contributed by atoms with E-state index in [9.17, 15) is 38.4 Å². The molecular formula is C112H190N18O9. The fraction of sp³-hybridized carbons (Fsp3) is 0.795. The summed E-state index contributed by atoms with van der Waals surface area (Å²) in [6, 6.07) is 8.53. The predicted octanol–water partition coefficient (Wildman–Crippen LogP) is 15.6. The van der Waals surface area contributed by atoms with Crippen molar-refractivity contribution in [1.82, 2.24) is 89.1 Å². The van der Waals surface area contributed by atoms with Gasteiger partial charge in [-0.25, -0.2) is 15.0 Å². The van der Waals surface area contributed by atoms with E-state index in [0.29, 0.717) is 110 Å². The average molecular weight is 1930 g/mol. The number of para-hydroxylation sites is 1. The van der Waals surface area contributed by atoms with E-state index in [0.717, 1.165) is 250 Å². The number of piperazine rings is 4. The first kappa shape index (κ1) is 113. The molecule has 13 rings (SSSR count). The Morgan fingerprint density at radius 3 is 1.04 bits per heavy atom. The third-order valence-electron chi connectivity index (χ3n) is 30.7. The SMILES string of the molecule is CC(C)C[C@@H]1NCCN([C@@H](CC(C)C)C(=O)N2CCC(C(C)Oc3ccccc3)CC2)C1=O.CCCc1cnc(CC2CCN(C(=O)[C@H](CC(C)C)N3CCN[C@@H](CC(C)C)C3=O)CC2)n1C.CCCc1nc(CC2CCN(C(=O)[C@H](CC(C)C)N3CCN[C@@H](CC(C)C)C3=O)CC2)n(C)c1CCC.Cc1nc(CC2CCN(C(=O)[C@H](CC(C)C)N3CCN[C@@H](CC(C)C)C3=O)CC2)n(C2CC2)c1C. The first-order valence-electron chi connectivity index (χ1n) is 55.4. The molecule has 0 bridgehead atoms. The molecule has 0 spiro atoms. The summed E-state index contributed by atoms with van der Waals surface area (Å²) in [4.78, 5) is 138. The molecule has 9 fully saturated rings. The number of piperidine rings is 4. The van der Waals surface area contributed by atoms with Gasteiger partial charge in [0.25, 0.3) is 0 Å². The van der Waals surface area contributed by atoms with Crippen LogP contribution in [0.4, 0.5) is 0 Å². The Kier molecular flexibility index (Phi) is 44.6. The van der Waals surface area contributed by atoms with E-state index in [1.807, 2.05) is 75.7 Å². The van der Waals surface area contributed by atoms with Crippen molar-refractivity contribution in [3.8, 4) is 5.75 Å². The van der Waals surface area contributed by atoms with Crippen molar-refractivity contribution in [2.24, 2.45) is 85.1 Å². The van der Waals surface area contributed by atoms with E-state index in [-0.39, 0.29) is 102 Å². The Hall–Kier alpha value is -7.75. The van der Waals surface area contributed by atoms with Gasteiger partial charge in [0, 0.05) is 167 Å². The largest absolute Gasteiger partial charge is 0.490 e. The maximum atomic E-state index is 13.8. The standard InChI is InChI=1S/C30H53N5O2.C28H47N5O2.C27H47N5O2.C27H43N3O3/c1-8-10-24-26(11-9-2)33(7)28(32-24)20-23-12-15-34(16-13-23)30(37)27(19-22(5)6)35-17-14-31-25(29(35)36)18-21(3)4;1-18(2)15-24-27(34)32(14-11-29-24)25(16-19(3)4)28(35)31-12-9-22(10-13-31)17-26-30-20(5)21(6)33(26)23-7-8-23;1-7-8-22-18-29-25(30(22)6)17-21-9-12-31(13-10-21)27(34)24(16-20(4)5)32-14-11-28-23(26(32)33)15-19(2)3;1-19(2)17-24-26(31)30(16-13-28-24)25(18-20(3)4)27(32)29-14-11-22(12-15-29)21(5)33-23-9-7-6-8-10-23/h21-23,25,27,31H,8-20H2,1-7H3;18-19,22-25,29H,7-17H2,1-6H3;18-21,23-24,28H,7-17H2,1-6H3;6-10,19-22,24-25,28H,11-18H2,1-5H3/t25-,27-;24-,25-;23-,24-;21?,24-,25-/m0000/s1. The van der Waals surface area contributed by atoms with Gasteiger partial charge < -0.3 is 78.9 Å². The van der Waals surface area contributed by atoms with Gasteiger partial charge in [-0.05, 0) is 239 Å². The fourth-order valence-electron chi connectivity index (χ4n) is 22.8. The molecule has 27 nitrogen and oxygen atoms in total. The topological polar surface area (TPSA) is 273 Å². The lowest BCUT2D eigenvalue weighted by Crippen LogP contribution is -2.62. The van der Waals surface area contributed by atoms with E-state index in [2.05, 4.69) is 206 Å². The number of likely N-dealkylation sites (tertiary alicyclic amines) is 4. The molecule has 0 radical (unpaired) electrons. The summed E-state index contributed by atoms with van der Waals surface area (Å²) in [7, 11) is 4.30. The lowest BCUT2D eigenvalue weighted by Gasteiger charge is -2.42. The van der Waals surface area contributed by atoms with Crippen molar-refractivity contribution in [2.45, 2.75) is 386 Å². The van der Waals surface area contributed by atoms with Crippen LogP contribution in [-0.2, 0) is 91.0 Å². The predicted molar refractivity (Wildman–Crippen MR) is 558 cm³/mol. The van der Waals surface area contributed by atoms with Crippen LogP contribution in [0, 0.1) is 84.9 Å². The molecule has 8 amide bonds. The van der Waals surface area contributed by atoms with Crippen molar-refractivity contribution in [1.29, 1.82) is 0 Å². The molecule has 27 heteroatoms. The Labute approximate surface area is 839 Å². The molecule has 4 aromatic rings. The number of nitrogens with one attached hydrogen (secondary N) is 4. The molecule has 1 aliphatic carbocycles. The number of hydrogen-bond acceptors (Lipinski definition) is 16. The summed E-state index contributed by atoms with van der Waals surface area (Å²) in [5.74, 6) is 10.8. The molecule has 1 saturated carbocycles. The number of hydrogen-bond donors (Lipinski definition) is 4. The zero-order valence-electron chi connectivity index (χ0n) is 91.0. The van der Waals surface area contributed by atoms with Crippen molar-refractivity contribution in [2.75, 3.05) is 105 Å². The number of nitrogens with zero attached hydrogens (tertiary/aromatic N) is 14. The van der Waals surface area contributed by atoms with Gasteiger partial charge in [-0.3, -0.25) is 38.4 Å². The number of ether oxygens (including phenoxy) is 1. The van der Waals surface area contributed by atoms with E-state index in [1.54, 1.807) is 0 Å². The lowest BCUT2D eigenvalue weighted by molar-refractivity contribution is -0.150. The van der Waals surface area contributed by atoms with Gasteiger partial charge in [-0.15, -0.1) is 0 Å². The number of amides is 8. The summed E-state index contributed by atoms with van der Waals surface area (Å²) in [6.45, 7) is 59.1. The van der Waals surface area contributed by atoms with Gasteiger partial charge >= 0.3 is 0 Å². The highest BCUT2D eigenvalue weighted by molar-refractivity contribution is 5.93. The number of benzene rings is 1. The molecule has 9 aliphatic rings. The molecule has 4 N–H and O–H groups in total. The third-order valence-corrected chi connectivity index (χ3v) is 30.7. The summed E-state index contributed by atoms with van der Waals surface area (Å²) >= 11 is 0. The Morgan fingerprint density at radius 2 is 0.719 bits per heavy atom. The normalized spacial score (nSPS) is 21.6. The fourth-order valence-corrected chi connectivity index (χ4v) is 22.8. The number of rotatable bonds is 40. The smallest absolute Gasteiger partial charge is 0.245 e. The summed E-state index contributed by atoms with van der Waals surface area (Å²) in [5.41, 5.74) is 6.47. The van der Waals surface area contributed by atoms with Crippen molar-refractivity contribution in [3.63, 3.8) is 0 Å². The molecule has 8 aliphatic heterocycles. The molecule has 3 aromatic heterocycles. The van der Waals surface area contributed by atoms with Crippen LogP contribution in [0.25, 0.3) is 0 Å². The van der Waals surface area contributed by atoms with Crippen LogP contribution in [0.15, 0.2) is 36.5 Å². The molecule has 1 aromatic carbocycles. The number of aryl methyl sites for hydroxylation is 3. The first-order valence-corrected chi connectivity index (χ1v) is 55.4. The molecular weight excluding hydrogens is 1740 g/mol. The van der Waals surface area contributed by atoms with E-state index in [1.165, 1.54) is 47.3 Å². The van der Waals surface area contributed by atoms with Crippen LogP contribution in [0.3, 0.4) is 0 Å². The highest BCUT2D eigenvalue weighted by Crippen LogP contribution is 2.40. The third kappa shape index (κ3) is 32.4. The minimum Gasteiger partial charge on any atom is -0.490 e. The monoisotopic (exact) mass is 1930 g/mol. The average Bonchev–Trinajstić information content (AvgIpc) is 1.64. The van der Waals surface area contributed by atoms with Crippen molar-refractivity contribution in [3.05, 3.63) is 82.5 Å². The minimum absolute atomic E-state index is 0.0914. The highest BCUT2D eigenvalue weighted by Gasteiger charge is 2.46. The van der Waals surface area contributed by atoms with Gasteiger partial charge in [-0.1, -0.05) is 169 Å². The van der Waals surface area contributed by atoms with Crippen LogP contribution in [0.2, 0.25) is 0 Å². The van der Waals surface area contributed by atoms with E-state index < -0.39 is 0 Å². The maximum absolute atomic E-state index is 13.8. The molecule has 782 valence electrons. The Morgan fingerprint density at radius 1 is 0.388 bits per heavy atom. The van der Waals surface area contributed by atoms with Crippen LogP contribution >= 0.6 is 0 Å². The maximum Gasteiger partial charge on any atom is 0.245 e. The second-order valence-electron chi connectivity index (χ2n) is 46.2. The quantitative estimate of drug-likeness (QED) is 0.0322. The van der Waals surface area contributed by atoms with Crippen LogP contribution in [-0.4, -0.2) is 274 Å². The molecule has 9 atom stereocenters. The van der Waals surface area contributed by atoms with Crippen molar-refractivity contribution < 1.29 is 43.1 Å². The number of imidazole rings is 3. The number of carbonyl (C=O) groups excluding carboxylic acids is 8. The zero-order valence-corrected chi connectivity index (χ0v) is 91.0. The Bertz CT molecular complexity index is 4460. The van der Waals surface area contributed by atoms with E-state index >= 15 is 0 Å². The minimum atomic E-state index is -0.358. The summed E-state index contributed by atoms with van der Waals surface area (Å²) in [6.07, 6.45) is 28.3. The summed E-state index contributed by atoms with van der Waals surface area (Å²) in [5, 5.41) is 13.5. The van der Waals surface area contributed by atoms with Gasteiger partial charge in [0.05, 0.1) is 41.7 Å². The second-order valence-corrected chi connectivity index (χ2v) is 46.2. The van der Waals surface area contributed by atoms with Gasteiger partial charge in [0.1, 0.15) is 47.4 Å². The highest BCUT2D eigenvalue weighted by atomic mass is 16.5. The molecule has 139 heavy (non-hydrogen) atoms. The van der Waals surface area contributed by atoms with Gasteiger partial charge in [0.2, 0.25) is 47.3 Å². The first-order chi connectivity index (χ1) is 66.3. The molecule has 1 unspecified atom stereocenters. The van der Waals surface area contributed by atoms with Gasteiger partial charge in [0.15, 0.2) is 0 Å². The van der Waals surface area contributed by atoms with Crippen LogP contribution in [0.1, 0.15) is 325 Å². The van der Waals surface area contributed by atoms with Crippen molar-refractivity contribution >= 4 is 47.3 Å². The number of carbonyl (C=O) groups is 8. The van der Waals surface area contributed by atoms with Crippen LogP contribution in [0.5, 0.6) is 5.75 Å². The molecule has 8 saturated heterocycles. The number of aromatic nitrogens is 6. The van der Waals surface area contributed by atoms with Crippen LogP contribution < -0.4 is 26.0 Å². The van der Waals surface area contributed by atoms with E-state index in [4.69, 9.17) is 14.7 Å². The zero-order chi connectivity index (χ0) is 101.